The van der Waals surface area contributed by atoms with Crippen molar-refractivity contribution in [3.8, 4) is 17.0 Å². The monoisotopic (exact) mass is 439 g/mol. The van der Waals surface area contributed by atoms with Crippen LogP contribution in [0.2, 0.25) is 5.02 Å². The Bertz CT molecular complexity index is 1090. The van der Waals surface area contributed by atoms with E-state index >= 15 is 0 Å². The maximum Gasteiger partial charge on any atom is 0.139 e. The number of aliphatic hydroxyl groups excluding tert-OH is 1. The Morgan fingerprint density at radius 3 is 2.53 bits per heavy atom. The molecule has 3 aromatic rings. The molecule has 1 aliphatic rings. The molecule has 4 rings (SSSR count). The Morgan fingerprint density at radius 2 is 1.87 bits per heavy atom. The molecule has 30 heavy (non-hydrogen) atoms. The maximum absolute atomic E-state index is 10.6. The summed E-state index contributed by atoms with van der Waals surface area (Å²) in [5.74, 6) is 1.64. The number of nitrogens with zero attached hydrogens (tertiary/aromatic N) is 2. The maximum atomic E-state index is 10.6. The van der Waals surface area contributed by atoms with Gasteiger partial charge in [-0.05, 0) is 42.3 Å². The van der Waals surface area contributed by atoms with Crippen LogP contribution in [0.5, 0.6) is 5.75 Å². The molecule has 0 saturated heterocycles. The SMILES string of the molecule is CC(C)COc1ccc(N2CC(O)=C(c3nc(-c4ccc(Cl)cc4)cs3)C2=N)cc1. The number of thiazole rings is 1. The number of hydrogen-bond acceptors (Lipinski definition) is 5. The van der Waals surface area contributed by atoms with E-state index in [-0.39, 0.29) is 18.1 Å². The Morgan fingerprint density at radius 1 is 1.17 bits per heavy atom. The molecule has 0 saturated carbocycles. The predicted octanol–water partition coefficient (Wildman–Crippen LogP) is 6.26. The first-order chi connectivity index (χ1) is 14.4. The van der Waals surface area contributed by atoms with Crippen LogP contribution in [0.3, 0.4) is 0 Å². The van der Waals surface area contributed by atoms with Crippen molar-refractivity contribution in [3.63, 3.8) is 0 Å². The van der Waals surface area contributed by atoms with Crippen LogP contribution in [0.4, 0.5) is 5.69 Å². The number of aliphatic hydroxyl groups is 1. The summed E-state index contributed by atoms with van der Waals surface area (Å²) in [4.78, 5) is 6.41. The molecule has 1 aliphatic heterocycles. The van der Waals surface area contributed by atoms with Gasteiger partial charge in [0.25, 0.3) is 0 Å². The molecule has 0 aliphatic carbocycles. The number of amidine groups is 1. The summed E-state index contributed by atoms with van der Waals surface area (Å²) >= 11 is 7.37. The lowest BCUT2D eigenvalue weighted by Crippen LogP contribution is -2.25. The van der Waals surface area contributed by atoms with Crippen LogP contribution in [0.15, 0.2) is 59.7 Å². The second-order valence-corrected chi connectivity index (χ2v) is 8.79. The highest BCUT2D eigenvalue weighted by molar-refractivity contribution is 7.11. The van der Waals surface area contributed by atoms with Crippen molar-refractivity contribution in [2.45, 2.75) is 13.8 Å². The topological polar surface area (TPSA) is 69.4 Å². The first-order valence-corrected chi connectivity index (χ1v) is 10.9. The van der Waals surface area contributed by atoms with Gasteiger partial charge in [-0.25, -0.2) is 4.98 Å². The zero-order chi connectivity index (χ0) is 21.3. The molecule has 2 N–H and O–H groups in total. The normalized spacial score (nSPS) is 14.1. The highest BCUT2D eigenvalue weighted by Gasteiger charge is 2.31. The van der Waals surface area contributed by atoms with Crippen LogP contribution in [-0.4, -0.2) is 29.1 Å². The first-order valence-electron chi connectivity index (χ1n) is 9.65. The standard InChI is InChI=1S/C23H22ClN3O2S/c1-14(2)12-29-18-9-7-17(8-10-18)27-11-20(28)21(22(27)25)23-26-19(13-30-23)15-3-5-16(24)6-4-15/h3-10,13-14,25,28H,11-12H2,1-2H3. The molecule has 0 atom stereocenters. The molecular formula is C23H22ClN3O2S. The number of halogens is 1. The smallest absolute Gasteiger partial charge is 0.139 e. The summed E-state index contributed by atoms with van der Waals surface area (Å²) in [5.41, 5.74) is 3.04. The molecule has 2 heterocycles. The fourth-order valence-corrected chi connectivity index (χ4v) is 4.17. The Balaban J connectivity index is 1.52. The number of benzene rings is 2. The molecule has 0 amide bonds. The van der Waals surface area contributed by atoms with Gasteiger partial charge in [-0.15, -0.1) is 11.3 Å². The van der Waals surface area contributed by atoms with E-state index in [2.05, 4.69) is 18.8 Å². The first kappa shape index (κ1) is 20.4. The van der Waals surface area contributed by atoms with Gasteiger partial charge < -0.3 is 14.7 Å². The second kappa shape index (κ2) is 8.50. The van der Waals surface area contributed by atoms with Crippen LogP contribution < -0.4 is 9.64 Å². The van der Waals surface area contributed by atoms with Gasteiger partial charge in [-0.2, -0.15) is 0 Å². The third kappa shape index (κ3) is 4.20. The number of rotatable bonds is 6. The highest BCUT2D eigenvalue weighted by atomic mass is 35.5. The van der Waals surface area contributed by atoms with Crippen molar-refractivity contribution < 1.29 is 9.84 Å². The number of hydrogen-bond donors (Lipinski definition) is 2. The number of anilines is 1. The lowest BCUT2D eigenvalue weighted by Gasteiger charge is -2.19. The summed E-state index contributed by atoms with van der Waals surface area (Å²) in [6.45, 7) is 5.11. The average molecular weight is 440 g/mol. The van der Waals surface area contributed by atoms with Gasteiger partial charge in [0.2, 0.25) is 0 Å². The summed E-state index contributed by atoms with van der Waals surface area (Å²) < 4.78 is 5.73. The van der Waals surface area contributed by atoms with E-state index in [1.807, 2.05) is 53.9 Å². The zero-order valence-electron chi connectivity index (χ0n) is 16.7. The van der Waals surface area contributed by atoms with Crippen molar-refractivity contribution in [2.75, 3.05) is 18.1 Å². The van der Waals surface area contributed by atoms with Gasteiger partial charge in [-0.1, -0.05) is 37.6 Å². The molecule has 1 aromatic heterocycles. The minimum absolute atomic E-state index is 0.150. The Kier molecular flexibility index (Phi) is 5.79. The van der Waals surface area contributed by atoms with E-state index in [1.165, 1.54) is 11.3 Å². The molecular weight excluding hydrogens is 418 g/mol. The van der Waals surface area contributed by atoms with E-state index in [9.17, 15) is 5.11 Å². The summed E-state index contributed by atoms with van der Waals surface area (Å²) in [5, 5.41) is 22.4. The van der Waals surface area contributed by atoms with Crippen LogP contribution in [0.1, 0.15) is 18.9 Å². The summed E-state index contributed by atoms with van der Waals surface area (Å²) in [6.07, 6.45) is 0. The summed E-state index contributed by atoms with van der Waals surface area (Å²) in [7, 11) is 0. The van der Waals surface area contributed by atoms with E-state index in [4.69, 9.17) is 21.7 Å². The van der Waals surface area contributed by atoms with E-state index in [1.54, 1.807) is 4.90 Å². The lowest BCUT2D eigenvalue weighted by atomic mass is 10.2. The molecule has 0 bridgehead atoms. The molecule has 0 fully saturated rings. The minimum atomic E-state index is 0.150. The molecule has 0 spiro atoms. The lowest BCUT2D eigenvalue weighted by molar-refractivity contribution is 0.271. The van der Waals surface area contributed by atoms with Gasteiger partial charge in [0.15, 0.2) is 0 Å². The second-order valence-electron chi connectivity index (χ2n) is 7.50. The Hall–Kier alpha value is -2.83. The van der Waals surface area contributed by atoms with Crippen molar-refractivity contribution in [1.82, 2.24) is 4.98 Å². The molecule has 0 unspecified atom stereocenters. The van der Waals surface area contributed by atoms with E-state index in [0.717, 1.165) is 22.7 Å². The predicted molar refractivity (Wildman–Crippen MR) is 124 cm³/mol. The van der Waals surface area contributed by atoms with Gasteiger partial charge in [0.05, 0.1) is 24.4 Å². The van der Waals surface area contributed by atoms with Gasteiger partial charge in [0, 0.05) is 21.7 Å². The van der Waals surface area contributed by atoms with Crippen molar-refractivity contribution >= 4 is 40.0 Å². The van der Waals surface area contributed by atoms with Crippen LogP contribution >= 0.6 is 22.9 Å². The number of ether oxygens (including phenoxy) is 1. The van der Waals surface area contributed by atoms with Crippen LogP contribution in [-0.2, 0) is 0 Å². The molecule has 0 radical (unpaired) electrons. The molecule has 154 valence electrons. The average Bonchev–Trinajstić information content (AvgIpc) is 3.31. The van der Waals surface area contributed by atoms with Crippen LogP contribution in [0, 0.1) is 11.3 Å². The number of aromatic nitrogens is 1. The zero-order valence-corrected chi connectivity index (χ0v) is 18.3. The molecule has 7 heteroatoms. The van der Waals surface area contributed by atoms with Crippen LogP contribution in [0.25, 0.3) is 16.8 Å². The summed E-state index contributed by atoms with van der Waals surface area (Å²) in [6, 6.07) is 15.0. The number of nitrogens with one attached hydrogen (secondary N) is 1. The van der Waals surface area contributed by atoms with Gasteiger partial charge in [0.1, 0.15) is 22.4 Å². The van der Waals surface area contributed by atoms with E-state index < -0.39 is 0 Å². The largest absolute Gasteiger partial charge is 0.510 e. The van der Waals surface area contributed by atoms with Crippen molar-refractivity contribution in [3.05, 3.63) is 69.7 Å². The molecule has 2 aromatic carbocycles. The fourth-order valence-electron chi connectivity index (χ4n) is 3.15. The highest BCUT2D eigenvalue weighted by Crippen LogP contribution is 2.35. The van der Waals surface area contributed by atoms with Crippen molar-refractivity contribution in [2.24, 2.45) is 5.92 Å². The molecule has 5 nitrogen and oxygen atoms in total. The quantitative estimate of drug-likeness (QED) is 0.475. The van der Waals surface area contributed by atoms with Crippen molar-refractivity contribution in [1.29, 1.82) is 5.41 Å². The third-order valence-electron chi connectivity index (χ3n) is 4.69. The third-order valence-corrected chi connectivity index (χ3v) is 5.80. The van der Waals surface area contributed by atoms with E-state index in [0.29, 0.717) is 28.1 Å². The van der Waals surface area contributed by atoms with Gasteiger partial charge in [-0.3, -0.25) is 5.41 Å². The minimum Gasteiger partial charge on any atom is -0.510 e. The Labute approximate surface area is 184 Å². The van der Waals surface area contributed by atoms with Gasteiger partial charge >= 0.3 is 0 Å². The fraction of sp³-hybridized carbons (Fsp3) is 0.217.